The first-order valence-corrected chi connectivity index (χ1v) is 12.2. The molecule has 6 nitrogen and oxygen atoms in total. The van der Waals surface area contributed by atoms with Crippen LogP contribution in [-0.2, 0) is 22.9 Å². The predicted octanol–water partition coefficient (Wildman–Crippen LogP) is 2.61. The standard InChI is InChI=1S/C21H27N3O3S.C2H6/c1-24-11-9-18-19-13-16(25)5-4-15(19)12-20(24)21(18)23-10-8-14-2-6-17(7-3-14)28(22,26)27;1-2/h2-7,13,18,20-21,23,25H,8-12H2,1H3,(H2,22,26,27);1-2H3. The van der Waals surface area contributed by atoms with Gasteiger partial charge in [0.05, 0.1) is 4.90 Å². The quantitative estimate of drug-likeness (QED) is 0.676. The van der Waals surface area contributed by atoms with E-state index < -0.39 is 10.0 Å². The van der Waals surface area contributed by atoms with Gasteiger partial charge in [0, 0.05) is 18.0 Å². The highest BCUT2D eigenvalue weighted by Crippen LogP contribution is 2.40. The van der Waals surface area contributed by atoms with Crippen LogP contribution < -0.4 is 10.5 Å². The molecule has 2 aromatic rings. The second kappa shape index (κ2) is 9.47. The van der Waals surface area contributed by atoms with Gasteiger partial charge in [-0.25, -0.2) is 13.6 Å². The molecule has 1 fully saturated rings. The molecule has 1 aliphatic carbocycles. The lowest BCUT2D eigenvalue weighted by Crippen LogP contribution is -2.59. The first kappa shape index (κ1) is 22.7. The number of phenolic OH excluding ortho intramolecular Hbond substituents is 1. The maximum absolute atomic E-state index is 11.4. The van der Waals surface area contributed by atoms with Crippen molar-refractivity contribution in [3.05, 3.63) is 59.2 Å². The second-order valence-corrected chi connectivity index (χ2v) is 9.51. The Morgan fingerprint density at radius 2 is 1.87 bits per heavy atom. The average Bonchev–Trinajstić information content (AvgIpc) is 2.72. The molecule has 0 saturated carbocycles. The lowest BCUT2D eigenvalue weighted by molar-refractivity contribution is 0.112. The first-order chi connectivity index (χ1) is 14.3. The van der Waals surface area contributed by atoms with E-state index in [1.807, 2.05) is 32.0 Å². The van der Waals surface area contributed by atoms with Gasteiger partial charge in [-0.3, -0.25) is 0 Å². The first-order valence-electron chi connectivity index (χ1n) is 10.7. The number of hydrogen-bond acceptors (Lipinski definition) is 5. The van der Waals surface area contributed by atoms with E-state index in [1.165, 1.54) is 11.1 Å². The summed E-state index contributed by atoms with van der Waals surface area (Å²) in [7, 11) is -1.46. The third-order valence-electron chi connectivity index (χ3n) is 6.21. The number of sulfonamides is 1. The van der Waals surface area contributed by atoms with Crippen molar-refractivity contribution < 1.29 is 13.5 Å². The molecule has 2 aliphatic rings. The lowest BCUT2D eigenvalue weighted by Gasteiger charge is -2.49. The number of likely N-dealkylation sites (tertiary alicyclic amines) is 1. The van der Waals surface area contributed by atoms with E-state index in [1.54, 1.807) is 18.2 Å². The Bertz CT molecular complexity index is 960. The van der Waals surface area contributed by atoms with Gasteiger partial charge in [-0.05, 0) is 80.4 Å². The molecule has 0 spiro atoms. The van der Waals surface area contributed by atoms with Gasteiger partial charge in [-0.2, -0.15) is 0 Å². The van der Waals surface area contributed by atoms with Crippen molar-refractivity contribution >= 4 is 10.0 Å². The van der Waals surface area contributed by atoms with Crippen molar-refractivity contribution in [1.29, 1.82) is 0 Å². The Hall–Kier alpha value is -1.93. The number of likely N-dealkylation sites (N-methyl/N-ethyl adjacent to an activating group) is 1. The summed E-state index contributed by atoms with van der Waals surface area (Å²) >= 11 is 0. The van der Waals surface area contributed by atoms with Crippen molar-refractivity contribution in [3.63, 3.8) is 0 Å². The van der Waals surface area contributed by atoms with Gasteiger partial charge in [0.1, 0.15) is 5.75 Å². The number of fused-ring (bicyclic) bond motifs is 4. The van der Waals surface area contributed by atoms with Crippen LogP contribution in [0.15, 0.2) is 47.4 Å². The third-order valence-corrected chi connectivity index (χ3v) is 7.14. The third kappa shape index (κ3) is 4.86. The smallest absolute Gasteiger partial charge is 0.238 e. The zero-order valence-corrected chi connectivity index (χ0v) is 18.8. The van der Waals surface area contributed by atoms with Crippen LogP contribution in [0.2, 0.25) is 0 Å². The zero-order valence-electron chi connectivity index (χ0n) is 18.0. The summed E-state index contributed by atoms with van der Waals surface area (Å²) < 4.78 is 22.7. The monoisotopic (exact) mass is 431 g/mol. The molecule has 4 N–H and O–H groups in total. The molecule has 3 atom stereocenters. The highest BCUT2D eigenvalue weighted by Gasteiger charge is 2.41. The lowest BCUT2D eigenvalue weighted by atomic mass is 9.71. The van der Waals surface area contributed by atoms with Crippen LogP contribution in [0, 0.1) is 0 Å². The molecule has 2 bridgehead atoms. The van der Waals surface area contributed by atoms with E-state index in [0.717, 1.165) is 37.9 Å². The number of rotatable bonds is 5. The minimum atomic E-state index is -3.65. The van der Waals surface area contributed by atoms with Crippen LogP contribution in [0.4, 0.5) is 0 Å². The van der Waals surface area contributed by atoms with Gasteiger partial charge < -0.3 is 15.3 Å². The summed E-state index contributed by atoms with van der Waals surface area (Å²) in [6.45, 7) is 5.88. The van der Waals surface area contributed by atoms with Crippen LogP contribution in [0.5, 0.6) is 5.75 Å². The zero-order chi connectivity index (χ0) is 21.9. The van der Waals surface area contributed by atoms with E-state index in [2.05, 4.69) is 23.3 Å². The summed E-state index contributed by atoms with van der Waals surface area (Å²) in [5, 5.41) is 18.8. The van der Waals surface area contributed by atoms with Gasteiger partial charge in [0.25, 0.3) is 0 Å². The number of primary sulfonamides is 1. The molecule has 30 heavy (non-hydrogen) atoms. The van der Waals surface area contributed by atoms with Crippen molar-refractivity contribution in [3.8, 4) is 5.75 Å². The molecule has 0 amide bonds. The van der Waals surface area contributed by atoms with Crippen molar-refractivity contribution in [2.24, 2.45) is 5.14 Å². The molecular weight excluding hydrogens is 398 g/mol. The van der Waals surface area contributed by atoms with Crippen LogP contribution in [0.1, 0.15) is 42.9 Å². The predicted molar refractivity (Wildman–Crippen MR) is 120 cm³/mol. The fourth-order valence-electron chi connectivity index (χ4n) is 4.71. The number of phenols is 1. The van der Waals surface area contributed by atoms with E-state index >= 15 is 0 Å². The van der Waals surface area contributed by atoms with E-state index in [0.29, 0.717) is 23.8 Å². The molecule has 0 aromatic heterocycles. The molecule has 3 unspecified atom stereocenters. The largest absolute Gasteiger partial charge is 0.508 e. The maximum Gasteiger partial charge on any atom is 0.238 e. The molecule has 0 radical (unpaired) electrons. The van der Waals surface area contributed by atoms with E-state index in [4.69, 9.17) is 5.14 Å². The minimum Gasteiger partial charge on any atom is -0.508 e. The summed E-state index contributed by atoms with van der Waals surface area (Å²) in [5.74, 6) is 0.742. The Labute approximate surface area is 180 Å². The van der Waals surface area contributed by atoms with Crippen LogP contribution in [-0.4, -0.2) is 50.6 Å². The average molecular weight is 432 g/mol. The molecule has 4 rings (SSSR count). The number of aromatic hydroxyl groups is 1. The molecule has 7 heteroatoms. The Morgan fingerprint density at radius 1 is 1.17 bits per heavy atom. The SMILES string of the molecule is CC.CN1CCC2c3cc(O)ccc3CC1C2NCCc1ccc(S(N)(=O)=O)cc1. The number of benzene rings is 2. The van der Waals surface area contributed by atoms with Gasteiger partial charge in [-0.1, -0.05) is 32.0 Å². The van der Waals surface area contributed by atoms with Crippen LogP contribution >= 0.6 is 0 Å². The van der Waals surface area contributed by atoms with Crippen molar-refractivity contribution in [2.45, 2.75) is 56.0 Å². The Kier molecular flexibility index (Phi) is 7.18. The molecule has 164 valence electrons. The number of nitrogens with one attached hydrogen (secondary N) is 1. The summed E-state index contributed by atoms with van der Waals surface area (Å²) in [4.78, 5) is 2.58. The molecular formula is C23H33N3O3S. The molecule has 1 aliphatic heterocycles. The summed E-state index contributed by atoms with van der Waals surface area (Å²) in [6, 6.07) is 13.3. The van der Waals surface area contributed by atoms with Crippen molar-refractivity contribution in [1.82, 2.24) is 10.2 Å². The second-order valence-electron chi connectivity index (χ2n) is 7.95. The van der Waals surface area contributed by atoms with Gasteiger partial charge in [0.2, 0.25) is 10.0 Å². The fraction of sp³-hybridized carbons (Fsp3) is 0.478. The van der Waals surface area contributed by atoms with Gasteiger partial charge in [-0.15, -0.1) is 0 Å². The summed E-state index contributed by atoms with van der Waals surface area (Å²) in [5.41, 5.74) is 3.70. The number of piperidine rings is 1. The van der Waals surface area contributed by atoms with E-state index in [9.17, 15) is 13.5 Å². The summed E-state index contributed by atoms with van der Waals surface area (Å²) in [6.07, 6.45) is 2.88. The van der Waals surface area contributed by atoms with Crippen LogP contribution in [0.25, 0.3) is 0 Å². The molecule has 1 saturated heterocycles. The highest BCUT2D eigenvalue weighted by molar-refractivity contribution is 7.89. The molecule has 2 aromatic carbocycles. The van der Waals surface area contributed by atoms with Gasteiger partial charge >= 0.3 is 0 Å². The van der Waals surface area contributed by atoms with Crippen LogP contribution in [0.3, 0.4) is 0 Å². The van der Waals surface area contributed by atoms with Crippen molar-refractivity contribution in [2.75, 3.05) is 20.1 Å². The Morgan fingerprint density at radius 3 is 2.53 bits per heavy atom. The maximum atomic E-state index is 11.4. The topological polar surface area (TPSA) is 95.7 Å². The number of hydrogen-bond donors (Lipinski definition) is 3. The fourth-order valence-corrected chi connectivity index (χ4v) is 5.22. The normalized spacial score (nSPS) is 23.3. The van der Waals surface area contributed by atoms with Gasteiger partial charge in [0.15, 0.2) is 0 Å². The Balaban J connectivity index is 0.00000124. The highest BCUT2D eigenvalue weighted by atomic mass is 32.2. The number of nitrogens with zero attached hydrogens (tertiary/aromatic N) is 1. The minimum absolute atomic E-state index is 0.143. The number of nitrogens with two attached hydrogens (primary N) is 1. The van der Waals surface area contributed by atoms with E-state index in [-0.39, 0.29) is 4.90 Å². The molecule has 1 heterocycles.